The number of rotatable bonds is 3. The second kappa shape index (κ2) is 7.75. The molecule has 8 nitrogen and oxygen atoms in total. The lowest BCUT2D eigenvalue weighted by Crippen LogP contribution is -2.28. The first kappa shape index (κ1) is 20.7. The Morgan fingerprint density at radius 1 is 1.16 bits per heavy atom. The van der Waals surface area contributed by atoms with Crippen molar-refractivity contribution < 1.29 is 17.7 Å². The van der Waals surface area contributed by atoms with Crippen LogP contribution in [0.1, 0.15) is 30.0 Å². The van der Waals surface area contributed by atoms with Crippen LogP contribution in [0.4, 0.5) is 13.2 Å². The van der Waals surface area contributed by atoms with Gasteiger partial charge in [0.15, 0.2) is 0 Å². The number of hydrogen-bond acceptors (Lipinski definition) is 6. The van der Waals surface area contributed by atoms with E-state index in [-0.39, 0.29) is 33.8 Å². The van der Waals surface area contributed by atoms with Crippen LogP contribution in [0.3, 0.4) is 0 Å². The molecule has 1 aliphatic heterocycles. The number of hydrogen-bond donors (Lipinski definition) is 2. The van der Waals surface area contributed by atoms with E-state index < -0.39 is 11.7 Å². The van der Waals surface area contributed by atoms with E-state index >= 15 is 0 Å². The molecule has 1 fully saturated rings. The van der Waals surface area contributed by atoms with Gasteiger partial charge < -0.3 is 14.8 Å². The number of nitrogens with one attached hydrogen (secondary N) is 2. The van der Waals surface area contributed by atoms with Crippen molar-refractivity contribution in [1.82, 2.24) is 30.1 Å². The summed E-state index contributed by atoms with van der Waals surface area (Å²) in [7, 11) is 0. The first-order valence-electron chi connectivity index (χ1n) is 9.84. The summed E-state index contributed by atoms with van der Waals surface area (Å²) in [6.07, 6.45) is -1.48. The van der Waals surface area contributed by atoms with Crippen LogP contribution < -0.4 is 10.9 Å². The van der Waals surface area contributed by atoms with Crippen molar-refractivity contribution in [3.63, 3.8) is 0 Å². The molecule has 0 spiro atoms. The Kier molecular flexibility index (Phi) is 5.01. The van der Waals surface area contributed by atoms with Crippen LogP contribution in [0.5, 0.6) is 0 Å². The van der Waals surface area contributed by atoms with Crippen molar-refractivity contribution in [3.05, 3.63) is 57.1 Å². The van der Waals surface area contributed by atoms with Crippen LogP contribution in [0.15, 0.2) is 39.8 Å². The molecule has 0 bridgehead atoms. The van der Waals surface area contributed by atoms with E-state index in [0.29, 0.717) is 11.2 Å². The van der Waals surface area contributed by atoms with E-state index in [2.05, 4.69) is 25.5 Å². The summed E-state index contributed by atoms with van der Waals surface area (Å²) in [6, 6.07) is 4.66. The molecule has 12 heteroatoms. The van der Waals surface area contributed by atoms with Gasteiger partial charge in [-0.3, -0.25) is 4.79 Å². The Hall–Kier alpha value is -3.18. The lowest BCUT2D eigenvalue weighted by molar-refractivity contribution is -0.137. The average molecular weight is 465 g/mol. The zero-order valence-corrected chi connectivity index (χ0v) is 17.2. The van der Waals surface area contributed by atoms with E-state index in [9.17, 15) is 18.0 Å². The molecule has 4 heterocycles. The smallest absolute Gasteiger partial charge is 0.333 e. The van der Waals surface area contributed by atoms with Crippen LogP contribution in [-0.2, 0) is 6.18 Å². The van der Waals surface area contributed by atoms with Crippen molar-refractivity contribution in [1.29, 1.82) is 0 Å². The molecular formula is C20H16ClF3N6O2. The molecule has 1 saturated heterocycles. The summed E-state index contributed by atoms with van der Waals surface area (Å²) >= 11 is 5.90. The van der Waals surface area contributed by atoms with E-state index in [0.717, 1.165) is 49.8 Å². The highest BCUT2D eigenvalue weighted by Gasteiger charge is 2.35. The second-order valence-corrected chi connectivity index (χ2v) is 7.95. The quantitative estimate of drug-likeness (QED) is 0.477. The second-order valence-electron chi connectivity index (χ2n) is 7.51. The van der Waals surface area contributed by atoms with Crippen molar-refractivity contribution in [3.8, 4) is 22.8 Å². The number of aromatic nitrogens is 5. The van der Waals surface area contributed by atoms with E-state index in [4.69, 9.17) is 16.1 Å². The largest absolute Gasteiger partial charge is 0.417 e. The van der Waals surface area contributed by atoms with Crippen molar-refractivity contribution in [2.24, 2.45) is 0 Å². The van der Waals surface area contributed by atoms with Crippen LogP contribution in [0, 0.1) is 0 Å². The Bertz CT molecular complexity index is 1350. The Labute approximate surface area is 183 Å². The van der Waals surface area contributed by atoms with Gasteiger partial charge in [-0.1, -0.05) is 16.8 Å². The third-order valence-corrected chi connectivity index (χ3v) is 5.71. The summed E-state index contributed by atoms with van der Waals surface area (Å²) in [5, 5.41) is 11.5. The number of benzene rings is 1. The van der Waals surface area contributed by atoms with Gasteiger partial charge in [0.2, 0.25) is 5.82 Å². The molecule has 166 valence electrons. The number of alkyl halides is 3. The lowest BCUT2D eigenvalue weighted by atomic mass is 9.94. The van der Waals surface area contributed by atoms with Gasteiger partial charge in [0.25, 0.3) is 11.4 Å². The molecule has 0 aliphatic carbocycles. The summed E-state index contributed by atoms with van der Waals surface area (Å²) in [5.41, 5.74) is -0.154. The Balaban J connectivity index is 1.60. The number of nitrogens with zero attached hydrogens (tertiary/aromatic N) is 4. The van der Waals surface area contributed by atoms with E-state index in [1.165, 1.54) is 12.3 Å². The molecule has 0 amide bonds. The summed E-state index contributed by atoms with van der Waals surface area (Å²) in [4.78, 5) is 19.2. The van der Waals surface area contributed by atoms with E-state index in [1.807, 2.05) is 0 Å². The summed E-state index contributed by atoms with van der Waals surface area (Å²) < 4.78 is 47.2. The van der Waals surface area contributed by atoms with Gasteiger partial charge in [-0.25, -0.2) is 4.52 Å². The number of halogens is 4. The van der Waals surface area contributed by atoms with Gasteiger partial charge in [-0.15, -0.1) is 0 Å². The zero-order chi connectivity index (χ0) is 22.5. The normalized spacial score (nSPS) is 15.5. The average Bonchev–Trinajstić information content (AvgIpc) is 3.40. The summed E-state index contributed by atoms with van der Waals surface area (Å²) in [6.45, 7) is 1.67. The van der Waals surface area contributed by atoms with Gasteiger partial charge in [0, 0.05) is 22.6 Å². The fourth-order valence-electron chi connectivity index (χ4n) is 3.97. The van der Waals surface area contributed by atoms with Gasteiger partial charge in [-0.2, -0.15) is 23.3 Å². The van der Waals surface area contributed by atoms with Crippen LogP contribution in [0.2, 0.25) is 5.02 Å². The summed E-state index contributed by atoms with van der Waals surface area (Å²) in [5.74, 6) is -0.194. The zero-order valence-electron chi connectivity index (χ0n) is 16.4. The number of fused-ring (bicyclic) bond motifs is 1. The number of piperidine rings is 1. The van der Waals surface area contributed by atoms with Gasteiger partial charge in [0.1, 0.15) is 11.2 Å². The maximum absolute atomic E-state index is 13.4. The maximum atomic E-state index is 13.4. The van der Waals surface area contributed by atoms with Gasteiger partial charge >= 0.3 is 6.18 Å². The minimum absolute atomic E-state index is 0.0683. The van der Waals surface area contributed by atoms with Crippen molar-refractivity contribution in [2.45, 2.75) is 24.9 Å². The first-order chi connectivity index (χ1) is 15.3. The topological polar surface area (TPSA) is 101 Å². The highest BCUT2D eigenvalue weighted by Crippen LogP contribution is 2.38. The minimum atomic E-state index is -4.62. The van der Waals surface area contributed by atoms with E-state index in [1.54, 1.807) is 4.52 Å². The Morgan fingerprint density at radius 2 is 1.94 bits per heavy atom. The maximum Gasteiger partial charge on any atom is 0.417 e. The third-order valence-electron chi connectivity index (χ3n) is 5.48. The fraction of sp³-hybridized carbons (Fsp3) is 0.300. The predicted octanol–water partition coefficient (Wildman–Crippen LogP) is 3.88. The van der Waals surface area contributed by atoms with Crippen molar-refractivity contribution >= 4 is 17.2 Å². The lowest BCUT2D eigenvalue weighted by Gasteiger charge is -2.23. The van der Waals surface area contributed by atoms with Crippen LogP contribution in [0.25, 0.3) is 28.5 Å². The third kappa shape index (κ3) is 3.67. The molecule has 0 saturated carbocycles. The Morgan fingerprint density at radius 3 is 2.69 bits per heavy atom. The molecule has 1 aliphatic rings. The highest BCUT2D eigenvalue weighted by molar-refractivity contribution is 6.30. The monoisotopic (exact) mass is 464 g/mol. The molecule has 2 N–H and O–H groups in total. The molecule has 0 unspecified atom stereocenters. The molecule has 0 atom stereocenters. The number of H-pyrrole nitrogens is 1. The molecule has 4 aromatic rings. The van der Waals surface area contributed by atoms with Crippen LogP contribution in [-0.4, -0.2) is 37.8 Å². The fourth-order valence-corrected chi connectivity index (χ4v) is 4.14. The van der Waals surface area contributed by atoms with Crippen LogP contribution >= 0.6 is 11.6 Å². The SMILES string of the molecule is O=c1cc(C2CCNCC2)n2ncc(-c3nc(-c4cc(Cl)ccc4C(F)(F)F)no3)c2[nH]1. The van der Waals surface area contributed by atoms with Gasteiger partial charge in [-0.05, 0) is 44.1 Å². The number of aromatic amines is 1. The molecule has 5 rings (SSSR count). The van der Waals surface area contributed by atoms with Gasteiger partial charge in [0.05, 0.1) is 17.5 Å². The molecule has 3 aromatic heterocycles. The standard InChI is InChI=1S/C20H16ClF3N6O2/c21-11-1-2-14(20(22,23)24)12(7-11)17-28-19(32-29-17)13-9-26-30-15(8-16(31)27-18(13)30)10-3-5-25-6-4-10/h1-2,7-10,25H,3-6H2,(H,27,31). The molecule has 1 aromatic carbocycles. The van der Waals surface area contributed by atoms with Crippen molar-refractivity contribution in [2.75, 3.05) is 13.1 Å². The molecule has 32 heavy (non-hydrogen) atoms. The minimum Gasteiger partial charge on any atom is -0.333 e. The predicted molar refractivity (Wildman–Crippen MR) is 109 cm³/mol. The highest BCUT2D eigenvalue weighted by atomic mass is 35.5. The molecule has 0 radical (unpaired) electrons. The first-order valence-corrected chi connectivity index (χ1v) is 10.2. The molecular weight excluding hydrogens is 449 g/mol.